The summed E-state index contributed by atoms with van der Waals surface area (Å²) in [6, 6.07) is 7.94. The van der Waals surface area contributed by atoms with Gasteiger partial charge < -0.3 is 4.74 Å². The van der Waals surface area contributed by atoms with E-state index >= 15 is 0 Å². The molecule has 0 spiro atoms. The van der Waals surface area contributed by atoms with E-state index in [0.717, 1.165) is 12.2 Å². The monoisotopic (exact) mass is 160 g/mol. The average Bonchev–Trinajstić information content (AvgIpc) is 2.15. The fourth-order valence-corrected chi connectivity index (χ4v) is 1.06. The fourth-order valence-electron chi connectivity index (χ4n) is 1.06. The minimum atomic E-state index is 0.344. The molecule has 12 heavy (non-hydrogen) atoms. The summed E-state index contributed by atoms with van der Waals surface area (Å²) in [5.41, 5.74) is 1.20. The molecule has 0 aliphatic carbocycles. The summed E-state index contributed by atoms with van der Waals surface area (Å²) < 4.78 is 5.34. The zero-order valence-corrected chi connectivity index (χ0v) is 7.21. The Morgan fingerprint density at radius 2 is 2.17 bits per heavy atom. The van der Waals surface area contributed by atoms with Gasteiger partial charge in [-0.2, -0.15) is 0 Å². The van der Waals surface area contributed by atoms with Crippen molar-refractivity contribution in [3.8, 4) is 18.1 Å². The van der Waals surface area contributed by atoms with Gasteiger partial charge in [0.1, 0.15) is 12.4 Å². The van der Waals surface area contributed by atoms with E-state index in [1.54, 1.807) is 0 Å². The third-order valence-corrected chi connectivity index (χ3v) is 1.66. The van der Waals surface area contributed by atoms with Crippen LogP contribution < -0.4 is 4.74 Å². The van der Waals surface area contributed by atoms with Crippen LogP contribution in [-0.2, 0) is 6.42 Å². The zero-order valence-electron chi connectivity index (χ0n) is 7.21. The topological polar surface area (TPSA) is 9.23 Å². The number of terminal acetylenes is 1. The second-order valence-corrected chi connectivity index (χ2v) is 2.45. The number of hydrogen-bond acceptors (Lipinski definition) is 1. The van der Waals surface area contributed by atoms with Crippen LogP contribution in [0, 0.1) is 12.3 Å². The van der Waals surface area contributed by atoms with Gasteiger partial charge in [-0.1, -0.05) is 31.0 Å². The highest BCUT2D eigenvalue weighted by atomic mass is 16.5. The molecule has 0 bridgehead atoms. The first-order valence-corrected chi connectivity index (χ1v) is 4.02. The molecule has 1 rings (SSSR count). The van der Waals surface area contributed by atoms with Gasteiger partial charge >= 0.3 is 0 Å². The molecule has 0 heterocycles. The third kappa shape index (κ3) is 2.03. The maximum absolute atomic E-state index is 5.34. The van der Waals surface area contributed by atoms with Crippen LogP contribution in [0.4, 0.5) is 0 Å². The molecule has 0 N–H and O–H groups in total. The van der Waals surface area contributed by atoms with Crippen molar-refractivity contribution in [1.82, 2.24) is 0 Å². The predicted octanol–water partition coefficient (Wildman–Crippen LogP) is 2.26. The third-order valence-electron chi connectivity index (χ3n) is 1.66. The maximum Gasteiger partial charge on any atom is 0.148 e. The van der Waals surface area contributed by atoms with Gasteiger partial charge in [0.2, 0.25) is 0 Å². The highest BCUT2D eigenvalue weighted by Gasteiger charge is 1.97. The smallest absolute Gasteiger partial charge is 0.148 e. The van der Waals surface area contributed by atoms with Crippen molar-refractivity contribution in [3.63, 3.8) is 0 Å². The van der Waals surface area contributed by atoms with E-state index < -0.39 is 0 Å². The second kappa shape index (κ2) is 4.46. The highest BCUT2D eigenvalue weighted by Crippen LogP contribution is 2.17. The van der Waals surface area contributed by atoms with Crippen molar-refractivity contribution in [2.24, 2.45) is 0 Å². The quantitative estimate of drug-likeness (QED) is 0.616. The average molecular weight is 160 g/mol. The van der Waals surface area contributed by atoms with Gasteiger partial charge in [0.05, 0.1) is 0 Å². The van der Waals surface area contributed by atoms with Gasteiger partial charge in [0.25, 0.3) is 0 Å². The molecule has 0 amide bonds. The molecule has 0 fully saturated rings. The molecule has 1 nitrogen and oxygen atoms in total. The van der Waals surface area contributed by atoms with Crippen LogP contribution in [0.1, 0.15) is 12.5 Å². The summed E-state index contributed by atoms with van der Waals surface area (Å²) in [4.78, 5) is 0. The number of hydrogen-bond donors (Lipinski definition) is 0. The van der Waals surface area contributed by atoms with Crippen LogP contribution in [0.15, 0.2) is 24.3 Å². The molecule has 1 aromatic rings. The van der Waals surface area contributed by atoms with Crippen LogP contribution in [-0.4, -0.2) is 6.61 Å². The molecule has 62 valence electrons. The lowest BCUT2D eigenvalue weighted by Gasteiger charge is -2.06. The molecule has 0 unspecified atom stereocenters. The van der Waals surface area contributed by atoms with E-state index in [0.29, 0.717) is 6.61 Å². The second-order valence-electron chi connectivity index (χ2n) is 2.45. The van der Waals surface area contributed by atoms with Gasteiger partial charge in [-0.3, -0.25) is 0 Å². The Balaban J connectivity index is 2.76. The van der Waals surface area contributed by atoms with Gasteiger partial charge in [-0.25, -0.2) is 0 Å². The summed E-state index contributed by atoms with van der Waals surface area (Å²) in [6.07, 6.45) is 6.07. The number of aryl methyl sites for hydroxylation is 1. The molecule has 0 atom stereocenters. The van der Waals surface area contributed by atoms with Gasteiger partial charge in [0, 0.05) is 0 Å². The standard InChI is InChI=1S/C11H12O/c1-3-9-12-11-8-6-5-7-10(11)4-2/h1,5-8H,4,9H2,2H3. The molecule has 0 radical (unpaired) electrons. The molecular formula is C11H12O. The largest absolute Gasteiger partial charge is 0.481 e. The molecule has 1 aromatic carbocycles. The Bertz CT molecular complexity index is 283. The number of rotatable bonds is 3. The minimum Gasteiger partial charge on any atom is -0.481 e. The van der Waals surface area contributed by atoms with E-state index in [1.165, 1.54) is 5.56 Å². The molecule has 0 aliphatic rings. The van der Waals surface area contributed by atoms with Crippen LogP contribution in [0.3, 0.4) is 0 Å². The lowest BCUT2D eigenvalue weighted by atomic mass is 10.1. The molecule has 0 aromatic heterocycles. The van der Waals surface area contributed by atoms with Gasteiger partial charge in [-0.05, 0) is 18.1 Å². The first kappa shape index (κ1) is 8.67. The van der Waals surface area contributed by atoms with Crippen molar-refractivity contribution in [2.45, 2.75) is 13.3 Å². The van der Waals surface area contributed by atoms with E-state index in [1.807, 2.05) is 24.3 Å². The number of benzene rings is 1. The maximum atomic E-state index is 5.34. The Labute approximate surface area is 73.4 Å². The molecule has 0 saturated carbocycles. The lowest BCUT2D eigenvalue weighted by Crippen LogP contribution is -1.96. The Morgan fingerprint density at radius 3 is 2.83 bits per heavy atom. The van der Waals surface area contributed by atoms with Crippen LogP contribution in [0.2, 0.25) is 0 Å². The van der Waals surface area contributed by atoms with Crippen molar-refractivity contribution in [1.29, 1.82) is 0 Å². The highest BCUT2D eigenvalue weighted by molar-refractivity contribution is 5.33. The first-order chi connectivity index (χ1) is 5.88. The van der Waals surface area contributed by atoms with E-state index in [-0.39, 0.29) is 0 Å². The number of para-hydroxylation sites is 1. The van der Waals surface area contributed by atoms with Crippen molar-refractivity contribution >= 4 is 0 Å². The van der Waals surface area contributed by atoms with Crippen LogP contribution in [0.5, 0.6) is 5.75 Å². The molecule has 0 aliphatic heterocycles. The SMILES string of the molecule is C#CCOc1ccccc1CC. The summed E-state index contributed by atoms with van der Waals surface area (Å²) >= 11 is 0. The normalized spacial score (nSPS) is 9.00. The fraction of sp³-hybridized carbons (Fsp3) is 0.273. The summed E-state index contributed by atoms with van der Waals surface area (Å²) in [5, 5.41) is 0. The zero-order chi connectivity index (χ0) is 8.81. The van der Waals surface area contributed by atoms with Gasteiger partial charge in [-0.15, -0.1) is 6.42 Å². The molecule has 0 saturated heterocycles. The Hall–Kier alpha value is -1.42. The summed E-state index contributed by atoms with van der Waals surface area (Å²) in [7, 11) is 0. The number of ether oxygens (including phenoxy) is 1. The molecular weight excluding hydrogens is 148 g/mol. The molecule has 1 heteroatoms. The summed E-state index contributed by atoms with van der Waals surface area (Å²) in [5.74, 6) is 3.35. The summed E-state index contributed by atoms with van der Waals surface area (Å²) in [6.45, 7) is 2.44. The lowest BCUT2D eigenvalue weighted by molar-refractivity contribution is 0.366. The van der Waals surface area contributed by atoms with E-state index in [4.69, 9.17) is 11.2 Å². The van der Waals surface area contributed by atoms with Gasteiger partial charge in [0.15, 0.2) is 0 Å². The van der Waals surface area contributed by atoms with E-state index in [9.17, 15) is 0 Å². The van der Waals surface area contributed by atoms with Crippen molar-refractivity contribution in [2.75, 3.05) is 6.61 Å². The predicted molar refractivity (Wildman–Crippen MR) is 50.1 cm³/mol. The van der Waals surface area contributed by atoms with Crippen LogP contribution >= 0.6 is 0 Å². The Kier molecular flexibility index (Phi) is 3.22. The van der Waals surface area contributed by atoms with Crippen molar-refractivity contribution in [3.05, 3.63) is 29.8 Å². The van der Waals surface area contributed by atoms with Crippen LogP contribution in [0.25, 0.3) is 0 Å². The minimum absolute atomic E-state index is 0.344. The van der Waals surface area contributed by atoms with E-state index in [2.05, 4.69) is 12.8 Å². The van der Waals surface area contributed by atoms with Crippen molar-refractivity contribution < 1.29 is 4.74 Å². The first-order valence-electron chi connectivity index (χ1n) is 4.02. The Morgan fingerprint density at radius 1 is 1.42 bits per heavy atom.